The zero-order valence-corrected chi connectivity index (χ0v) is 15.3. The highest BCUT2D eigenvalue weighted by Gasteiger charge is 2.47. The van der Waals surface area contributed by atoms with Gasteiger partial charge in [0, 0.05) is 19.5 Å². The van der Waals surface area contributed by atoms with Crippen molar-refractivity contribution >= 4 is 28.8 Å². The molecule has 0 N–H and O–H groups in total. The molecule has 1 heterocycles. The van der Waals surface area contributed by atoms with Crippen LogP contribution in [-0.2, 0) is 21.0 Å². The Morgan fingerprint density at radius 2 is 1.88 bits per heavy atom. The number of carbonyl (C=O) groups excluding carboxylic acids is 2. The second kappa shape index (κ2) is 6.58. The summed E-state index contributed by atoms with van der Waals surface area (Å²) in [7, 11) is 1.57. The van der Waals surface area contributed by atoms with Crippen LogP contribution in [0, 0.1) is 0 Å². The molecule has 24 heavy (non-hydrogen) atoms. The summed E-state index contributed by atoms with van der Waals surface area (Å²) in [5.41, 5.74) is 1.73. The zero-order valence-electron chi connectivity index (χ0n) is 14.5. The van der Waals surface area contributed by atoms with Gasteiger partial charge in [-0.15, -0.1) is 0 Å². The first-order valence-electron chi connectivity index (χ1n) is 7.51. The Morgan fingerprint density at radius 3 is 2.38 bits per heavy atom. The van der Waals surface area contributed by atoms with Crippen molar-refractivity contribution in [2.75, 3.05) is 7.05 Å². The summed E-state index contributed by atoms with van der Waals surface area (Å²) in [6.07, 6.45) is -0.837. The van der Waals surface area contributed by atoms with Crippen LogP contribution < -0.4 is 0 Å². The zero-order chi connectivity index (χ0) is 18.2. The van der Waals surface area contributed by atoms with Gasteiger partial charge in [-0.05, 0) is 38.0 Å². The molecule has 2 rings (SSSR count). The fourth-order valence-electron chi connectivity index (χ4n) is 2.46. The van der Waals surface area contributed by atoms with Gasteiger partial charge in [-0.1, -0.05) is 24.8 Å². The number of amides is 1. The molecule has 0 bridgehead atoms. The van der Waals surface area contributed by atoms with Crippen molar-refractivity contribution in [3.8, 4) is 0 Å². The van der Waals surface area contributed by atoms with Gasteiger partial charge in [0.15, 0.2) is 6.17 Å². The van der Waals surface area contributed by atoms with Crippen LogP contribution in [0.3, 0.4) is 0 Å². The summed E-state index contributed by atoms with van der Waals surface area (Å²) in [6.45, 7) is 10.6. The molecule has 1 aliphatic rings. The molecule has 130 valence electrons. The number of nitrogens with zero attached hydrogens (tertiary/aromatic N) is 2. The molecule has 0 unspecified atom stereocenters. The Morgan fingerprint density at radius 1 is 1.33 bits per heavy atom. The average Bonchev–Trinajstić information content (AvgIpc) is 2.50. The Balaban J connectivity index is 2.52. The van der Waals surface area contributed by atoms with E-state index in [0.717, 1.165) is 4.47 Å². The van der Waals surface area contributed by atoms with Crippen molar-refractivity contribution in [1.29, 1.82) is 0 Å². The highest BCUT2D eigenvalue weighted by Crippen LogP contribution is 2.35. The number of rotatable bonds is 3. The lowest BCUT2D eigenvalue weighted by Gasteiger charge is -2.41. The van der Waals surface area contributed by atoms with Crippen LogP contribution in [0.25, 0.3) is 5.57 Å². The van der Waals surface area contributed by atoms with Crippen molar-refractivity contribution in [2.24, 2.45) is 0 Å². The number of fused-ring (bicyclic) bond motifs is 1. The van der Waals surface area contributed by atoms with Gasteiger partial charge in [0.1, 0.15) is 4.75 Å². The van der Waals surface area contributed by atoms with E-state index in [1.807, 2.05) is 0 Å². The van der Waals surface area contributed by atoms with Crippen molar-refractivity contribution in [1.82, 2.24) is 9.37 Å². The lowest BCUT2D eigenvalue weighted by atomic mass is 9.93. The smallest absolute Gasteiger partial charge is 0.327 e. The van der Waals surface area contributed by atoms with Gasteiger partial charge in [-0.2, -0.15) is 0 Å². The summed E-state index contributed by atoms with van der Waals surface area (Å²) in [5, 5.41) is 0. The van der Waals surface area contributed by atoms with Gasteiger partial charge < -0.3 is 14.3 Å². The standard InChI is InChI=1S/C17H22N2O4S/c1-11-13-9-7-8-10-14(13)16(21)18(6)15(11)19(23-12(2)20)24(22)17(3,4)5/h7-10,15H,1H2,2-6H3/t15-,24+/m0/s1. The normalized spacial score (nSPS) is 19.3. The van der Waals surface area contributed by atoms with E-state index in [0.29, 0.717) is 16.7 Å². The molecule has 7 heteroatoms. The molecule has 0 fully saturated rings. The van der Waals surface area contributed by atoms with E-state index < -0.39 is 28.2 Å². The van der Waals surface area contributed by atoms with Crippen molar-refractivity contribution in [3.05, 3.63) is 42.0 Å². The Labute approximate surface area is 145 Å². The van der Waals surface area contributed by atoms with Crippen LogP contribution in [0.1, 0.15) is 43.6 Å². The average molecular weight is 350 g/mol. The maximum absolute atomic E-state index is 12.9. The van der Waals surface area contributed by atoms with Crippen LogP contribution >= 0.6 is 0 Å². The third kappa shape index (κ3) is 3.33. The van der Waals surface area contributed by atoms with Crippen molar-refractivity contribution in [2.45, 2.75) is 38.6 Å². The first-order chi connectivity index (χ1) is 11.1. The number of benzene rings is 1. The first-order valence-corrected chi connectivity index (χ1v) is 8.61. The third-order valence-electron chi connectivity index (χ3n) is 3.61. The minimum atomic E-state index is -1.69. The number of hydrogen-bond donors (Lipinski definition) is 0. The number of hydrogen-bond acceptors (Lipinski definition) is 5. The highest BCUT2D eigenvalue weighted by molar-refractivity contribution is 7.90. The molecule has 0 spiro atoms. The van der Waals surface area contributed by atoms with Gasteiger partial charge in [-0.3, -0.25) is 9.59 Å². The van der Waals surface area contributed by atoms with E-state index in [2.05, 4.69) is 6.58 Å². The molecule has 0 saturated carbocycles. The monoisotopic (exact) mass is 350 g/mol. The summed E-state index contributed by atoms with van der Waals surface area (Å²) >= 11 is -1.69. The largest absolute Gasteiger partial charge is 0.595 e. The summed E-state index contributed by atoms with van der Waals surface area (Å²) in [5.74, 6) is -0.855. The second-order valence-electron chi connectivity index (χ2n) is 6.59. The Kier molecular flexibility index (Phi) is 5.08. The Hall–Kier alpha value is -1.83. The predicted octanol–water partition coefficient (Wildman–Crippen LogP) is 2.35. The van der Waals surface area contributed by atoms with Crippen LogP contribution in [0.15, 0.2) is 30.8 Å². The SMILES string of the molecule is C=C1c2ccccc2C(=O)N(C)[C@H]1N(OC(C)=O)[S@+]([O-])C(C)(C)C. The predicted molar refractivity (Wildman–Crippen MR) is 92.9 cm³/mol. The molecule has 0 saturated heterocycles. The molecular weight excluding hydrogens is 328 g/mol. The van der Waals surface area contributed by atoms with Crippen molar-refractivity contribution in [3.63, 3.8) is 0 Å². The van der Waals surface area contributed by atoms with E-state index in [1.165, 1.54) is 11.8 Å². The van der Waals surface area contributed by atoms with Crippen LogP contribution in [0.2, 0.25) is 0 Å². The molecule has 1 aromatic carbocycles. The molecule has 2 atom stereocenters. The van der Waals surface area contributed by atoms with E-state index in [9.17, 15) is 14.1 Å². The Bertz CT molecular complexity index is 683. The third-order valence-corrected chi connectivity index (χ3v) is 5.26. The quantitative estimate of drug-likeness (QED) is 0.618. The molecule has 1 aromatic rings. The van der Waals surface area contributed by atoms with Gasteiger partial charge >= 0.3 is 5.97 Å². The van der Waals surface area contributed by atoms with E-state index in [4.69, 9.17) is 4.84 Å². The second-order valence-corrected chi connectivity index (χ2v) is 8.67. The lowest BCUT2D eigenvalue weighted by Crippen LogP contribution is -2.57. The summed E-state index contributed by atoms with van der Waals surface area (Å²) in [4.78, 5) is 30.8. The van der Waals surface area contributed by atoms with E-state index in [1.54, 1.807) is 52.1 Å². The summed E-state index contributed by atoms with van der Waals surface area (Å²) in [6, 6.07) is 7.07. The maximum atomic E-state index is 12.9. The number of likely N-dealkylation sites (N-methyl/N-ethyl adjacent to an activating group) is 1. The number of hydroxylamine groups is 1. The fraction of sp³-hybridized carbons (Fsp3) is 0.412. The molecule has 6 nitrogen and oxygen atoms in total. The molecule has 0 aromatic heterocycles. The van der Waals surface area contributed by atoms with Crippen LogP contribution in [-0.4, -0.2) is 43.8 Å². The van der Waals surface area contributed by atoms with E-state index in [-0.39, 0.29) is 5.91 Å². The van der Waals surface area contributed by atoms with Gasteiger partial charge in [-0.25, -0.2) is 0 Å². The maximum Gasteiger partial charge on any atom is 0.327 e. The minimum Gasteiger partial charge on any atom is -0.595 e. The molecule has 1 amide bonds. The highest BCUT2D eigenvalue weighted by atomic mass is 32.2. The van der Waals surface area contributed by atoms with E-state index >= 15 is 0 Å². The first kappa shape index (κ1) is 18.5. The van der Waals surface area contributed by atoms with Crippen LogP contribution in [0.4, 0.5) is 0 Å². The molecular formula is C17H22N2O4S. The fourth-order valence-corrected chi connectivity index (χ4v) is 3.63. The topological polar surface area (TPSA) is 72.9 Å². The van der Waals surface area contributed by atoms with Gasteiger partial charge in [0.2, 0.25) is 0 Å². The lowest BCUT2D eigenvalue weighted by molar-refractivity contribution is -0.175. The van der Waals surface area contributed by atoms with Gasteiger partial charge in [0.05, 0.1) is 15.8 Å². The van der Waals surface area contributed by atoms with Crippen LogP contribution in [0.5, 0.6) is 0 Å². The minimum absolute atomic E-state index is 0.244. The van der Waals surface area contributed by atoms with Crippen molar-refractivity contribution < 1.29 is 19.0 Å². The van der Waals surface area contributed by atoms with Gasteiger partial charge in [0.25, 0.3) is 5.91 Å². The summed E-state index contributed by atoms with van der Waals surface area (Å²) < 4.78 is 13.3. The molecule has 0 aliphatic carbocycles. The molecule has 0 radical (unpaired) electrons. The number of carbonyl (C=O) groups is 2. The molecule has 1 aliphatic heterocycles.